The monoisotopic (exact) mass is 296 g/mol. The van der Waals surface area contributed by atoms with Crippen LogP contribution in [0.5, 0.6) is 5.75 Å². The molecule has 0 fully saturated rings. The number of hydrogen-bond acceptors (Lipinski definition) is 4. The van der Waals surface area contributed by atoms with Crippen molar-refractivity contribution in [1.82, 2.24) is 0 Å². The van der Waals surface area contributed by atoms with E-state index >= 15 is 0 Å². The number of nitrogen functional groups attached to an aromatic ring is 1. The van der Waals surface area contributed by atoms with E-state index in [2.05, 4.69) is 4.72 Å². The Labute approximate surface area is 116 Å². The lowest BCUT2D eigenvalue weighted by molar-refractivity contribution is 0.387. The molecule has 106 valence electrons. The third-order valence-electron chi connectivity index (χ3n) is 2.61. The molecule has 0 amide bonds. The zero-order valence-electron chi connectivity index (χ0n) is 10.6. The van der Waals surface area contributed by atoms with Gasteiger partial charge in [0.25, 0.3) is 10.0 Å². The van der Waals surface area contributed by atoms with E-state index in [4.69, 9.17) is 10.5 Å². The van der Waals surface area contributed by atoms with E-state index in [1.54, 1.807) is 12.1 Å². The molecule has 20 heavy (non-hydrogen) atoms. The Hall–Kier alpha value is -2.28. The zero-order chi connectivity index (χ0) is 14.8. The lowest BCUT2D eigenvalue weighted by atomic mass is 10.3. The van der Waals surface area contributed by atoms with Crippen molar-refractivity contribution in [3.8, 4) is 5.75 Å². The van der Waals surface area contributed by atoms with Gasteiger partial charge in [-0.05, 0) is 24.3 Å². The van der Waals surface area contributed by atoms with Gasteiger partial charge in [-0.1, -0.05) is 12.1 Å². The van der Waals surface area contributed by atoms with Crippen LogP contribution in [-0.4, -0.2) is 15.5 Å². The molecule has 2 rings (SSSR count). The molecule has 0 spiro atoms. The van der Waals surface area contributed by atoms with Crippen molar-refractivity contribution in [3.05, 3.63) is 48.3 Å². The van der Waals surface area contributed by atoms with Gasteiger partial charge in [-0.25, -0.2) is 12.8 Å². The van der Waals surface area contributed by atoms with E-state index in [1.165, 1.54) is 31.4 Å². The molecule has 3 N–H and O–H groups in total. The minimum absolute atomic E-state index is 0.0386. The summed E-state index contributed by atoms with van der Waals surface area (Å²) in [5.74, 6) is -0.624. The van der Waals surface area contributed by atoms with E-state index in [9.17, 15) is 12.8 Å². The molecule has 0 heterocycles. The molecule has 0 aliphatic heterocycles. The fourth-order valence-electron chi connectivity index (χ4n) is 1.66. The second kappa shape index (κ2) is 5.38. The average molecular weight is 296 g/mol. The van der Waals surface area contributed by atoms with Gasteiger partial charge in [0.15, 0.2) is 11.6 Å². The molecule has 0 atom stereocenters. The summed E-state index contributed by atoms with van der Waals surface area (Å²) in [5.41, 5.74) is 5.96. The van der Waals surface area contributed by atoms with Crippen LogP contribution in [0.15, 0.2) is 47.4 Å². The third kappa shape index (κ3) is 2.83. The summed E-state index contributed by atoms with van der Waals surface area (Å²) in [7, 11) is -2.54. The maximum atomic E-state index is 13.3. The number of methoxy groups -OCH3 is 1. The van der Waals surface area contributed by atoms with Crippen LogP contribution < -0.4 is 15.2 Å². The summed E-state index contributed by atoms with van der Waals surface area (Å²) in [6.07, 6.45) is 0. The van der Waals surface area contributed by atoms with E-state index in [1.807, 2.05) is 0 Å². The van der Waals surface area contributed by atoms with Crippen LogP contribution in [-0.2, 0) is 10.0 Å². The Kier molecular flexibility index (Phi) is 3.80. The smallest absolute Gasteiger partial charge is 0.263 e. The third-order valence-corrected chi connectivity index (χ3v) is 4.07. The molecule has 0 saturated heterocycles. The van der Waals surface area contributed by atoms with E-state index in [-0.39, 0.29) is 22.0 Å². The maximum absolute atomic E-state index is 13.3. The number of ether oxygens (including phenoxy) is 1. The van der Waals surface area contributed by atoms with Crippen molar-refractivity contribution in [3.63, 3.8) is 0 Å². The molecule has 2 aromatic carbocycles. The fourth-order valence-corrected chi connectivity index (χ4v) is 2.84. The SMILES string of the molecule is COc1cc(NS(=O)(=O)c2ccccc2N)ccc1F. The highest BCUT2D eigenvalue weighted by molar-refractivity contribution is 7.92. The Morgan fingerprint density at radius 1 is 1.20 bits per heavy atom. The zero-order valence-corrected chi connectivity index (χ0v) is 11.4. The Morgan fingerprint density at radius 2 is 1.90 bits per heavy atom. The Morgan fingerprint density at radius 3 is 2.55 bits per heavy atom. The largest absolute Gasteiger partial charge is 0.494 e. The van der Waals surface area contributed by atoms with Crippen molar-refractivity contribution in [1.29, 1.82) is 0 Å². The summed E-state index contributed by atoms with van der Waals surface area (Å²) in [5, 5.41) is 0. The quantitative estimate of drug-likeness (QED) is 0.848. The number of nitrogens with one attached hydrogen (secondary N) is 1. The first kappa shape index (κ1) is 14.1. The highest BCUT2D eigenvalue weighted by Crippen LogP contribution is 2.25. The molecule has 0 unspecified atom stereocenters. The van der Waals surface area contributed by atoms with Crippen LogP contribution in [0.25, 0.3) is 0 Å². The number of benzene rings is 2. The highest BCUT2D eigenvalue weighted by Gasteiger charge is 2.17. The summed E-state index contributed by atoms with van der Waals surface area (Å²) in [6.45, 7) is 0. The van der Waals surface area contributed by atoms with Gasteiger partial charge in [-0.3, -0.25) is 4.72 Å². The van der Waals surface area contributed by atoms with Crippen LogP contribution in [0.2, 0.25) is 0 Å². The first-order valence-corrected chi connectivity index (χ1v) is 7.13. The van der Waals surface area contributed by atoms with Crippen LogP contribution in [0.3, 0.4) is 0 Å². The van der Waals surface area contributed by atoms with Crippen molar-refractivity contribution in [2.75, 3.05) is 17.6 Å². The molecule has 5 nitrogen and oxygen atoms in total. The first-order valence-electron chi connectivity index (χ1n) is 5.65. The summed E-state index contributed by atoms with van der Waals surface area (Å²) in [6, 6.07) is 9.75. The van der Waals surface area contributed by atoms with Crippen molar-refractivity contribution in [2.45, 2.75) is 4.90 Å². The number of sulfonamides is 1. The number of anilines is 2. The lowest BCUT2D eigenvalue weighted by Crippen LogP contribution is -2.14. The van der Waals surface area contributed by atoms with E-state index in [0.717, 1.165) is 6.07 Å². The van der Waals surface area contributed by atoms with Crippen LogP contribution >= 0.6 is 0 Å². The van der Waals surface area contributed by atoms with Gasteiger partial charge in [0.2, 0.25) is 0 Å². The number of hydrogen-bond donors (Lipinski definition) is 2. The van der Waals surface area contributed by atoms with Gasteiger partial charge in [0.05, 0.1) is 18.5 Å². The summed E-state index contributed by atoms with van der Waals surface area (Å²) in [4.78, 5) is -0.0386. The predicted octanol–water partition coefficient (Wildman–Crippen LogP) is 2.22. The van der Waals surface area contributed by atoms with Gasteiger partial charge in [0.1, 0.15) is 4.90 Å². The standard InChI is InChI=1S/C13H13FN2O3S/c1-19-12-8-9(6-7-10(12)14)16-20(17,18)13-5-3-2-4-11(13)15/h2-8,16H,15H2,1H3. The normalized spacial score (nSPS) is 11.1. The van der Waals surface area contributed by atoms with Gasteiger partial charge < -0.3 is 10.5 Å². The lowest BCUT2D eigenvalue weighted by Gasteiger charge is -2.11. The fraction of sp³-hybridized carbons (Fsp3) is 0.0769. The summed E-state index contributed by atoms with van der Waals surface area (Å²) >= 11 is 0. The Bertz CT molecular complexity index is 732. The average Bonchev–Trinajstić information content (AvgIpc) is 2.41. The molecule has 2 aromatic rings. The molecule has 0 aromatic heterocycles. The van der Waals surface area contributed by atoms with Gasteiger partial charge in [0, 0.05) is 6.07 Å². The number of nitrogens with two attached hydrogens (primary N) is 1. The number of para-hydroxylation sites is 1. The van der Waals surface area contributed by atoms with Crippen LogP contribution in [0.4, 0.5) is 15.8 Å². The van der Waals surface area contributed by atoms with Crippen molar-refractivity contribution < 1.29 is 17.5 Å². The molecule has 0 radical (unpaired) electrons. The number of rotatable bonds is 4. The molecule has 7 heteroatoms. The predicted molar refractivity (Wildman–Crippen MR) is 74.6 cm³/mol. The van der Waals surface area contributed by atoms with Gasteiger partial charge in [-0.2, -0.15) is 0 Å². The molecule has 0 saturated carbocycles. The highest BCUT2D eigenvalue weighted by atomic mass is 32.2. The second-order valence-corrected chi connectivity index (χ2v) is 5.64. The van der Waals surface area contributed by atoms with Crippen LogP contribution in [0, 0.1) is 5.82 Å². The maximum Gasteiger partial charge on any atom is 0.263 e. The minimum Gasteiger partial charge on any atom is -0.494 e. The van der Waals surface area contributed by atoms with E-state index < -0.39 is 15.8 Å². The molecular formula is C13H13FN2O3S. The van der Waals surface area contributed by atoms with Crippen molar-refractivity contribution in [2.24, 2.45) is 0 Å². The minimum atomic E-state index is -3.83. The van der Waals surface area contributed by atoms with Gasteiger partial charge in [-0.15, -0.1) is 0 Å². The van der Waals surface area contributed by atoms with Gasteiger partial charge >= 0.3 is 0 Å². The molecule has 0 aliphatic carbocycles. The van der Waals surface area contributed by atoms with Crippen LogP contribution in [0.1, 0.15) is 0 Å². The molecule has 0 aliphatic rings. The van der Waals surface area contributed by atoms with Crippen molar-refractivity contribution >= 4 is 21.4 Å². The first-order chi connectivity index (χ1) is 9.44. The van der Waals surface area contributed by atoms with E-state index in [0.29, 0.717) is 0 Å². The second-order valence-electron chi connectivity index (χ2n) is 3.99. The summed E-state index contributed by atoms with van der Waals surface area (Å²) < 4.78 is 44.7. The molecule has 0 bridgehead atoms. The topological polar surface area (TPSA) is 81.4 Å². The Balaban J connectivity index is 2.36. The molecular weight excluding hydrogens is 283 g/mol. The number of halogens is 1.